The number of carbonyl (C=O) groups excluding carboxylic acids is 1. The second kappa shape index (κ2) is 8.26. The predicted molar refractivity (Wildman–Crippen MR) is 114 cm³/mol. The first-order valence-electron chi connectivity index (χ1n) is 9.73. The molecule has 1 aliphatic rings. The topological polar surface area (TPSA) is 74.2 Å². The maximum atomic E-state index is 12.9. The van der Waals surface area contributed by atoms with E-state index in [0.717, 1.165) is 41.4 Å². The van der Waals surface area contributed by atoms with Crippen molar-refractivity contribution < 1.29 is 4.79 Å². The van der Waals surface area contributed by atoms with Crippen LogP contribution >= 0.6 is 0 Å². The van der Waals surface area contributed by atoms with E-state index in [1.807, 2.05) is 67.3 Å². The third-order valence-electron chi connectivity index (χ3n) is 5.09. The van der Waals surface area contributed by atoms with Crippen LogP contribution in [0.4, 0.5) is 17.5 Å². The van der Waals surface area contributed by atoms with Gasteiger partial charge in [-0.25, -0.2) is 4.98 Å². The molecule has 1 aliphatic heterocycles. The number of anilines is 3. The Morgan fingerprint density at radius 2 is 1.76 bits per heavy atom. The van der Waals surface area contributed by atoms with Crippen molar-refractivity contribution in [3.63, 3.8) is 0 Å². The van der Waals surface area contributed by atoms with E-state index in [2.05, 4.69) is 25.4 Å². The molecule has 1 N–H and O–H groups in total. The van der Waals surface area contributed by atoms with Crippen molar-refractivity contribution in [3.8, 4) is 0 Å². The lowest BCUT2D eigenvalue weighted by molar-refractivity contribution is 0.0745. The zero-order valence-electron chi connectivity index (χ0n) is 16.7. The highest BCUT2D eigenvalue weighted by Crippen LogP contribution is 2.19. The summed E-state index contributed by atoms with van der Waals surface area (Å²) >= 11 is 0. The molecule has 0 atom stereocenters. The summed E-state index contributed by atoms with van der Waals surface area (Å²) in [5.74, 6) is 2.30. The van der Waals surface area contributed by atoms with Gasteiger partial charge in [-0.15, -0.1) is 10.2 Å². The zero-order valence-corrected chi connectivity index (χ0v) is 16.7. The van der Waals surface area contributed by atoms with Crippen LogP contribution in [0.15, 0.2) is 54.7 Å². The Bertz CT molecular complexity index is 982. The van der Waals surface area contributed by atoms with Crippen molar-refractivity contribution >= 4 is 23.4 Å². The van der Waals surface area contributed by atoms with E-state index in [0.29, 0.717) is 18.9 Å². The first-order chi connectivity index (χ1) is 14.1. The van der Waals surface area contributed by atoms with Crippen LogP contribution in [0.1, 0.15) is 21.5 Å². The van der Waals surface area contributed by atoms with Gasteiger partial charge in [-0.3, -0.25) is 4.79 Å². The van der Waals surface area contributed by atoms with Gasteiger partial charge in [0.15, 0.2) is 11.6 Å². The zero-order chi connectivity index (χ0) is 20.2. The standard InChI is InChI=1S/C22H24N6O/c1-16-6-7-17(2)18(15-16)22(29)28-13-11-27(12-14-28)21-9-8-20(25-26-21)24-19-5-3-4-10-23-19/h3-10,15H,11-14H2,1-2H3,(H,23,24,25). The molecule has 7 nitrogen and oxygen atoms in total. The van der Waals surface area contributed by atoms with Gasteiger partial charge in [-0.05, 0) is 49.7 Å². The van der Waals surface area contributed by atoms with E-state index in [-0.39, 0.29) is 5.91 Å². The highest BCUT2D eigenvalue weighted by atomic mass is 16.2. The number of piperazine rings is 1. The van der Waals surface area contributed by atoms with Crippen molar-refractivity contribution in [2.24, 2.45) is 0 Å². The van der Waals surface area contributed by atoms with Crippen LogP contribution in [-0.4, -0.2) is 52.2 Å². The molecule has 3 heterocycles. The summed E-state index contributed by atoms with van der Waals surface area (Å²) in [7, 11) is 0. The van der Waals surface area contributed by atoms with E-state index in [9.17, 15) is 4.79 Å². The normalized spacial score (nSPS) is 14.0. The lowest BCUT2D eigenvalue weighted by atomic mass is 10.0. The van der Waals surface area contributed by atoms with Gasteiger partial charge in [0.1, 0.15) is 5.82 Å². The Hall–Kier alpha value is -3.48. The maximum absolute atomic E-state index is 12.9. The number of carbonyl (C=O) groups is 1. The van der Waals surface area contributed by atoms with Crippen molar-refractivity contribution in [1.29, 1.82) is 0 Å². The molecule has 148 valence electrons. The molecular formula is C22H24N6O. The second-order valence-corrected chi connectivity index (χ2v) is 7.21. The first kappa shape index (κ1) is 18.9. The highest BCUT2D eigenvalue weighted by Gasteiger charge is 2.24. The van der Waals surface area contributed by atoms with Crippen molar-refractivity contribution in [2.45, 2.75) is 13.8 Å². The Labute approximate surface area is 170 Å². The fourth-order valence-electron chi connectivity index (χ4n) is 3.40. The summed E-state index contributed by atoms with van der Waals surface area (Å²) in [4.78, 5) is 21.2. The molecular weight excluding hydrogens is 364 g/mol. The molecule has 0 aliphatic carbocycles. The van der Waals surface area contributed by atoms with Gasteiger partial charge in [-0.2, -0.15) is 0 Å². The molecule has 0 saturated carbocycles. The average Bonchev–Trinajstić information content (AvgIpc) is 2.76. The lowest BCUT2D eigenvalue weighted by Gasteiger charge is -2.35. The van der Waals surface area contributed by atoms with Crippen LogP contribution in [0.2, 0.25) is 0 Å². The quantitative estimate of drug-likeness (QED) is 0.740. The Morgan fingerprint density at radius 3 is 2.45 bits per heavy atom. The summed E-state index contributed by atoms with van der Waals surface area (Å²) in [6.07, 6.45) is 1.73. The van der Waals surface area contributed by atoms with Crippen LogP contribution in [-0.2, 0) is 0 Å². The molecule has 1 fully saturated rings. The van der Waals surface area contributed by atoms with Gasteiger partial charge in [0.05, 0.1) is 0 Å². The van der Waals surface area contributed by atoms with Gasteiger partial charge in [0, 0.05) is 37.9 Å². The van der Waals surface area contributed by atoms with Gasteiger partial charge >= 0.3 is 0 Å². The van der Waals surface area contributed by atoms with Crippen molar-refractivity contribution in [2.75, 3.05) is 36.4 Å². The van der Waals surface area contributed by atoms with Gasteiger partial charge in [0.25, 0.3) is 5.91 Å². The van der Waals surface area contributed by atoms with E-state index < -0.39 is 0 Å². The molecule has 4 rings (SSSR count). The Morgan fingerprint density at radius 1 is 0.931 bits per heavy atom. The molecule has 1 aromatic carbocycles. The maximum Gasteiger partial charge on any atom is 0.254 e. The lowest BCUT2D eigenvalue weighted by Crippen LogP contribution is -2.49. The molecule has 0 spiro atoms. The Kier molecular flexibility index (Phi) is 5.37. The molecule has 0 radical (unpaired) electrons. The SMILES string of the molecule is Cc1ccc(C)c(C(=O)N2CCN(c3ccc(Nc4ccccn4)nn3)CC2)c1. The minimum atomic E-state index is 0.104. The Balaban J connectivity index is 1.37. The van der Waals surface area contributed by atoms with Crippen LogP contribution in [0.3, 0.4) is 0 Å². The molecule has 7 heteroatoms. The number of aryl methyl sites for hydroxylation is 2. The smallest absolute Gasteiger partial charge is 0.254 e. The number of amides is 1. The number of hydrogen-bond donors (Lipinski definition) is 1. The van der Waals surface area contributed by atoms with Crippen LogP contribution < -0.4 is 10.2 Å². The van der Waals surface area contributed by atoms with E-state index in [1.165, 1.54) is 0 Å². The molecule has 1 saturated heterocycles. The fraction of sp³-hybridized carbons (Fsp3) is 0.273. The number of nitrogens with one attached hydrogen (secondary N) is 1. The molecule has 3 aromatic rings. The third kappa shape index (κ3) is 4.34. The second-order valence-electron chi connectivity index (χ2n) is 7.21. The predicted octanol–water partition coefficient (Wildman–Crippen LogP) is 3.19. The minimum Gasteiger partial charge on any atom is -0.352 e. The average molecular weight is 388 g/mol. The number of nitrogens with zero attached hydrogens (tertiary/aromatic N) is 5. The number of benzene rings is 1. The van der Waals surface area contributed by atoms with Gasteiger partial charge in [-0.1, -0.05) is 23.8 Å². The monoisotopic (exact) mass is 388 g/mol. The first-order valence-corrected chi connectivity index (χ1v) is 9.73. The molecule has 1 amide bonds. The number of aromatic nitrogens is 3. The number of pyridine rings is 1. The summed E-state index contributed by atoms with van der Waals surface area (Å²) < 4.78 is 0. The van der Waals surface area contributed by atoms with Crippen LogP contribution in [0.25, 0.3) is 0 Å². The molecule has 0 unspecified atom stereocenters. The number of hydrogen-bond acceptors (Lipinski definition) is 6. The molecule has 29 heavy (non-hydrogen) atoms. The summed E-state index contributed by atoms with van der Waals surface area (Å²) in [6.45, 7) is 6.80. The van der Waals surface area contributed by atoms with Gasteiger partial charge in [0.2, 0.25) is 0 Å². The fourth-order valence-corrected chi connectivity index (χ4v) is 3.40. The third-order valence-corrected chi connectivity index (χ3v) is 5.09. The van der Waals surface area contributed by atoms with Crippen LogP contribution in [0.5, 0.6) is 0 Å². The van der Waals surface area contributed by atoms with Gasteiger partial charge < -0.3 is 15.1 Å². The van der Waals surface area contributed by atoms with Crippen molar-refractivity contribution in [3.05, 3.63) is 71.4 Å². The number of rotatable bonds is 4. The summed E-state index contributed by atoms with van der Waals surface area (Å²) in [5, 5.41) is 11.7. The molecule has 0 bridgehead atoms. The summed E-state index contributed by atoms with van der Waals surface area (Å²) in [5.41, 5.74) is 2.92. The van der Waals surface area contributed by atoms with E-state index in [1.54, 1.807) is 6.20 Å². The molecule has 2 aromatic heterocycles. The summed E-state index contributed by atoms with van der Waals surface area (Å²) in [6, 6.07) is 15.5. The largest absolute Gasteiger partial charge is 0.352 e. The van der Waals surface area contributed by atoms with Crippen LogP contribution in [0, 0.1) is 13.8 Å². The van der Waals surface area contributed by atoms with E-state index in [4.69, 9.17) is 0 Å². The van der Waals surface area contributed by atoms with Crippen molar-refractivity contribution in [1.82, 2.24) is 20.1 Å². The highest BCUT2D eigenvalue weighted by molar-refractivity contribution is 5.96. The van der Waals surface area contributed by atoms with E-state index >= 15 is 0 Å². The minimum absolute atomic E-state index is 0.104.